The molecule has 0 atom stereocenters. The molecule has 1 aromatic carbocycles. The minimum Gasteiger partial charge on any atom is -0.435 e. The van der Waals surface area contributed by atoms with Gasteiger partial charge in [0.2, 0.25) is 0 Å². The van der Waals surface area contributed by atoms with Crippen molar-refractivity contribution < 1.29 is 9.31 Å². The zero-order chi connectivity index (χ0) is 12.5. The summed E-state index contributed by atoms with van der Waals surface area (Å²) in [5.41, 5.74) is 3.82. The van der Waals surface area contributed by atoms with Gasteiger partial charge in [0.15, 0.2) is 12.3 Å². The van der Waals surface area contributed by atoms with Crippen LogP contribution in [-0.2, 0) is 0 Å². The highest BCUT2D eigenvalue weighted by Gasteiger charge is 2.27. The Morgan fingerprint density at radius 1 is 1.11 bits per heavy atom. The van der Waals surface area contributed by atoms with E-state index < -0.39 is 0 Å². The lowest BCUT2D eigenvalue weighted by Gasteiger charge is -2.24. The fraction of sp³-hybridized carbons (Fsp3) is 0.562. The van der Waals surface area contributed by atoms with Gasteiger partial charge in [-0.3, -0.25) is 0 Å². The van der Waals surface area contributed by atoms with Gasteiger partial charge in [-0.15, -0.1) is 0 Å². The van der Waals surface area contributed by atoms with Crippen LogP contribution in [0.15, 0.2) is 12.1 Å². The van der Waals surface area contributed by atoms with Gasteiger partial charge in [0.25, 0.3) is 6.73 Å². The second-order valence-corrected chi connectivity index (χ2v) is 5.71. The van der Waals surface area contributed by atoms with Crippen LogP contribution in [0.3, 0.4) is 0 Å². The second-order valence-electron chi connectivity index (χ2n) is 5.71. The van der Waals surface area contributed by atoms with E-state index in [1.165, 1.54) is 48.8 Å². The maximum atomic E-state index is 5.97. The minimum atomic E-state index is 0.688. The molecule has 0 radical (unpaired) electrons. The highest BCUT2D eigenvalue weighted by atomic mass is 16.5. The Labute approximate surface area is 109 Å². The first kappa shape index (κ1) is 11.8. The molecule has 3 rings (SSSR count). The highest BCUT2D eigenvalue weighted by molar-refractivity contribution is 5.82. The van der Waals surface area contributed by atoms with Gasteiger partial charge in [0.05, 0.1) is 5.56 Å². The number of benzene rings is 1. The maximum Gasteiger partial charge on any atom is 0.287 e. The minimum absolute atomic E-state index is 0.688. The molecule has 0 unspecified atom stereocenters. The fourth-order valence-electron chi connectivity index (χ4n) is 3.26. The van der Waals surface area contributed by atoms with Crippen molar-refractivity contribution in [2.24, 2.45) is 0 Å². The van der Waals surface area contributed by atoms with Crippen molar-refractivity contribution in [3.63, 3.8) is 0 Å². The molecule has 1 heterocycles. The molecule has 1 fully saturated rings. The third-order valence-electron chi connectivity index (χ3n) is 4.15. The summed E-state index contributed by atoms with van der Waals surface area (Å²) in [5.74, 6) is 1.08. The van der Waals surface area contributed by atoms with Gasteiger partial charge in [-0.25, -0.2) is 0 Å². The van der Waals surface area contributed by atoms with E-state index in [1.807, 2.05) is 0 Å². The van der Waals surface area contributed by atoms with Gasteiger partial charge in [-0.05, 0) is 43.9 Å². The third-order valence-corrected chi connectivity index (χ3v) is 4.15. The van der Waals surface area contributed by atoms with Gasteiger partial charge < -0.3 is 4.74 Å². The molecule has 0 saturated heterocycles. The summed E-state index contributed by atoms with van der Waals surface area (Å²) in [6.07, 6.45) is 9.10. The summed E-state index contributed by atoms with van der Waals surface area (Å²) in [4.78, 5) is 0. The van der Waals surface area contributed by atoms with Crippen molar-refractivity contribution in [1.29, 1.82) is 0 Å². The van der Waals surface area contributed by atoms with E-state index in [9.17, 15) is 0 Å². The Morgan fingerprint density at radius 3 is 2.67 bits per heavy atom. The van der Waals surface area contributed by atoms with Crippen molar-refractivity contribution in [3.8, 4) is 5.75 Å². The molecule has 1 aliphatic carbocycles. The number of ether oxygens (including phenoxy) is 1. The molecule has 2 nitrogen and oxygen atoms in total. The molecule has 18 heavy (non-hydrogen) atoms. The van der Waals surface area contributed by atoms with Crippen molar-refractivity contribution in [3.05, 3.63) is 28.8 Å². The van der Waals surface area contributed by atoms with Crippen LogP contribution in [-0.4, -0.2) is 23.6 Å². The van der Waals surface area contributed by atoms with Crippen LogP contribution < -0.4 is 4.74 Å². The molecule has 0 N–H and O–H groups in total. The van der Waals surface area contributed by atoms with Crippen LogP contribution in [0, 0.1) is 13.8 Å². The van der Waals surface area contributed by atoms with Crippen LogP contribution in [0.5, 0.6) is 5.75 Å². The lowest BCUT2D eigenvalue weighted by Crippen LogP contribution is -2.35. The first-order valence-corrected chi connectivity index (χ1v) is 7.09. The van der Waals surface area contributed by atoms with E-state index in [1.54, 1.807) is 0 Å². The lowest BCUT2D eigenvalue weighted by atomic mass is 9.95. The fourth-order valence-corrected chi connectivity index (χ4v) is 3.26. The molecule has 2 aliphatic rings. The monoisotopic (exact) mass is 244 g/mol. The first-order valence-electron chi connectivity index (χ1n) is 7.09. The average Bonchev–Trinajstić information content (AvgIpc) is 2.39. The van der Waals surface area contributed by atoms with Crippen LogP contribution in [0.4, 0.5) is 0 Å². The average molecular weight is 244 g/mol. The molecule has 1 saturated carbocycles. The molecule has 1 aliphatic heterocycles. The first-order chi connectivity index (χ1) is 8.74. The lowest BCUT2D eigenvalue weighted by molar-refractivity contribution is -0.594. The van der Waals surface area contributed by atoms with E-state index in [4.69, 9.17) is 4.74 Å². The Hall–Kier alpha value is -1.31. The van der Waals surface area contributed by atoms with Crippen LogP contribution in [0.25, 0.3) is 0 Å². The van der Waals surface area contributed by atoms with E-state index in [2.05, 4.69) is 36.8 Å². The molecule has 0 spiro atoms. The normalized spacial score (nSPS) is 20.0. The van der Waals surface area contributed by atoms with Gasteiger partial charge in [-0.2, -0.15) is 4.58 Å². The summed E-state index contributed by atoms with van der Waals surface area (Å²) < 4.78 is 8.37. The van der Waals surface area contributed by atoms with Crippen molar-refractivity contribution >= 4 is 6.21 Å². The number of aryl methyl sites for hydroxylation is 2. The predicted octanol–water partition coefficient (Wildman–Crippen LogP) is 3.42. The summed E-state index contributed by atoms with van der Waals surface area (Å²) in [5, 5.41) is 0. The van der Waals surface area contributed by atoms with Crippen molar-refractivity contribution in [2.75, 3.05) is 6.73 Å². The van der Waals surface area contributed by atoms with Crippen LogP contribution >= 0.6 is 0 Å². The Bertz CT molecular complexity index is 484. The Kier molecular flexibility index (Phi) is 3.11. The summed E-state index contributed by atoms with van der Waals surface area (Å²) in [6.45, 7) is 5.01. The molecular weight excluding hydrogens is 222 g/mol. The number of hydrogen-bond acceptors (Lipinski definition) is 1. The quantitative estimate of drug-likeness (QED) is 0.689. The third kappa shape index (κ3) is 2.16. The smallest absolute Gasteiger partial charge is 0.287 e. The second kappa shape index (κ2) is 4.75. The highest BCUT2D eigenvalue weighted by Crippen LogP contribution is 2.28. The van der Waals surface area contributed by atoms with Gasteiger partial charge in [-0.1, -0.05) is 12.5 Å². The zero-order valence-corrected chi connectivity index (χ0v) is 11.4. The van der Waals surface area contributed by atoms with E-state index in [-0.39, 0.29) is 0 Å². The van der Waals surface area contributed by atoms with Crippen LogP contribution in [0.2, 0.25) is 0 Å². The van der Waals surface area contributed by atoms with Gasteiger partial charge in [0, 0.05) is 12.8 Å². The summed E-state index contributed by atoms with van der Waals surface area (Å²) in [7, 11) is 0. The molecule has 96 valence electrons. The van der Waals surface area contributed by atoms with Crippen molar-refractivity contribution in [2.45, 2.75) is 52.0 Å². The molecular formula is C16H22NO+. The van der Waals surface area contributed by atoms with Gasteiger partial charge in [0.1, 0.15) is 5.75 Å². The Balaban J connectivity index is 1.92. The van der Waals surface area contributed by atoms with E-state index in [0.29, 0.717) is 6.04 Å². The predicted molar refractivity (Wildman–Crippen MR) is 73.7 cm³/mol. The maximum absolute atomic E-state index is 5.97. The summed E-state index contributed by atoms with van der Waals surface area (Å²) >= 11 is 0. The Morgan fingerprint density at radius 2 is 1.89 bits per heavy atom. The number of hydrogen-bond donors (Lipinski definition) is 0. The number of rotatable bonds is 1. The molecule has 1 aromatic rings. The van der Waals surface area contributed by atoms with E-state index in [0.717, 1.165) is 12.5 Å². The zero-order valence-electron chi connectivity index (χ0n) is 11.4. The largest absolute Gasteiger partial charge is 0.435 e. The molecule has 0 aromatic heterocycles. The van der Waals surface area contributed by atoms with Gasteiger partial charge >= 0.3 is 0 Å². The standard InChI is InChI=1S/C16H22NO/c1-12-8-13(2)16-14(9-12)10-17(11-18-16)15-6-4-3-5-7-15/h8-10,15H,3-7,11H2,1-2H3/q+1. The molecule has 2 heteroatoms. The van der Waals surface area contributed by atoms with Crippen molar-refractivity contribution in [1.82, 2.24) is 0 Å². The molecule has 0 amide bonds. The van der Waals surface area contributed by atoms with E-state index >= 15 is 0 Å². The number of fused-ring (bicyclic) bond motifs is 1. The number of nitrogens with zero attached hydrogens (tertiary/aromatic N) is 1. The SMILES string of the molecule is Cc1cc(C)c2c(c1)C=[N+](C1CCCCC1)CO2. The summed E-state index contributed by atoms with van der Waals surface area (Å²) in [6, 6.07) is 5.12. The topological polar surface area (TPSA) is 12.2 Å². The van der Waals surface area contributed by atoms with Crippen LogP contribution in [0.1, 0.15) is 48.8 Å². The molecule has 0 bridgehead atoms.